The minimum absolute atomic E-state index is 0.246. The molecule has 12 heavy (non-hydrogen) atoms. The first kappa shape index (κ1) is 9.96. The van der Waals surface area contributed by atoms with Gasteiger partial charge in [0.05, 0.1) is 0 Å². The van der Waals surface area contributed by atoms with E-state index in [1.807, 2.05) is 0 Å². The number of nitrogens with one attached hydrogen (secondary N) is 1. The van der Waals surface area contributed by atoms with Crippen molar-refractivity contribution in [3.63, 3.8) is 0 Å². The number of nitrogens with two attached hydrogens (primary N) is 1. The fourth-order valence-corrected chi connectivity index (χ4v) is 1.59. The molecular weight excluding hydrogens is 150 g/mol. The molecule has 1 rings (SSSR count). The van der Waals surface area contributed by atoms with Gasteiger partial charge in [-0.1, -0.05) is 0 Å². The summed E-state index contributed by atoms with van der Waals surface area (Å²) in [5, 5.41) is 3.54. The summed E-state index contributed by atoms with van der Waals surface area (Å²) in [6, 6.07) is 1.33. The van der Waals surface area contributed by atoms with Gasteiger partial charge in [-0.15, -0.1) is 0 Å². The molecule has 1 aliphatic rings. The van der Waals surface area contributed by atoms with E-state index in [9.17, 15) is 0 Å². The lowest BCUT2D eigenvalue weighted by Crippen LogP contribution is -2.46. The lowest BCUT2D eigenvalue weighted by molar-refractivity contribution is 0.372. The monoisotopic (exact) mass is 171 g/mol. The topological polar surface area (TPSA) is 41.3 Å². The Morgan fingerprint density at radius 2 is 2.17 bits per heavy atom. The molecule has 0 spiro atoms. The molecule has 0 aromatic carbocycles. The summed E-state index contributed by atoms with van der Waals surface area (Å²) in [5.74, 6) is 0. The van der Waals surface area contributed by atoms with Crippen LogP contribution < -0.4 is 11.1 Å². The minimum Gasteiger partial charge on any atom is -0.327 e. The molecule has 3 nitrogen and oxygen atoms in total. The number of nitrogens with zero attached hydrogens (tertiary/aromatic N) is 1. The van der Waals surface area contributed by atoms with Gasteiger partial charge in [0.15, 0.2) is 0 Å². The van der Waals surface area contributed by atoms with Crippen LogP contribution in [0.1, 0.15) is 20.3 Å². The van der Waals surface area contributed by atoms with Gasteiger partial charge in [0.2, 0.25) is 0 Å². The van der Waals surface area contributed by atoms with Crippen molar-refractivity contribution in [1.82, 2.24) is 10.2 Å². The van der Waals surface area contributed by atoms with Gasteiger partial charge >= 0.3 is 0 Å². The number of likely N-dealkylation sites (N-methyl/N-ethyl adjacent to an activating group) is 1. The van der Waals surface area contributed by atoms with Gasteiger partial charge in [-0.2, -0.15) is 0 Å². The standard InChI is InChI=1S/C9H21N3/c1-7(10)8(2)11-9-4-5-12(3)6-9/h7-9,11H,4-6,10H2,1-3H3. The fraction of sp³-hybridized carbons (Fsp3) is 1.00. The molecule has 1 heterocycles. The van der Waals surface area contributed by atoms with Crippen molar-refractivity contribution in [3.05, 3.63) is 0 Å². The second-order valence-corrected chi connectivity index (χ2v) is 4.06. The van der Waals surface area contributed by atoms with Gasteiger partial charge in [0.25, 0.3) is 0 Å². The molecule has 3 atom stereocenters. The second-order valence-electron chi connectivity index (χ2n) is 4.06. The Balaban J connectivity index is 2.23. The smallest absolute Gasteiger partial charge is 0.0210 e. The van der Waals surface area contributed by atoms with Crippen LogP contribution in [0.3, 0.4) is 0 Å². The van der Waals surface area contributed by atoms with Crippen LogP contribution in [0.4, 0.5) is 0 Å². The van der Waals surface area contributed by atoms with E-state index in [2.05, 4.69) is 31.1 Å². The third kappa shape index (κ3) is 2.73. The van der Waals surface area contributed by atoms with Crippen molar-refractivity contribution in [2.24, 2.45) is 5.73 Å². The van der Waals surface area contributed by atoms with Crippen molar-refractivity contribution in [3.8, 4) is 0 Å². The maximum absolute atomic E-state index is 5.77. The van der Waals surface area contributed by atoms with E-state index in [0.717, 1.165) is 6.54 Å². The van der Waals surface area contributed by atoms with Gasteiger partial charge in [-0.05, 0) is 33.9 Å². The van der Waals surface area contributed by atoms with E-state index in [1.165, 1.54) is 13.0 Å². The predicted molar refractivity (Wildman–Crippen MR) is 52.1 cm³/mol. The highest BCUT2D eigenvalue weighted by molar-refractivity contribution is 4.83. The summed E-state index contributed by atoms with van der Waals surface area (Å²) in [6.07, 6.45) is 1.26. The highest BCUT2D eigenvalue weighted by Gasteiger charge is 2.21. The first-order chi connectivity index (χ1) is 5.59. The zero-order valence-corrected chi connectivity index (χ0v) is 8.38. The van der Waals surface area contributed by atoms with Crippen LogP contribution in [0.25, 0.3) is 0 Å². The van der Waals surface area contributed by atoms with E-state index < -0.39 is 0 Å². The SMILES string of the molecule is CC(N)C(C)NC1CCN(C)C1. The molecule has 72 valence electrons. The lowest BCUT2D eigenvalue weighted by atomic mass is 10.1. The maximum atomic E-state index is 5.77. The van der Waals surface area contributed by atoms with Crippen LogP contribution >= 0.6 is 0 Å². The van der Waals surface area contributed by atoms with E-state index in [0.29, 0.717) is 12.1 Å². The largest absolute Gasteiger partial charge is 0.327 e. The predicted octanol–water partition coefficient (Wildman–Crippen LogP) is 0.0158. The Labute approximate surface area is 75.3 Å². The summed E-state index contributed by atoms with van der Waals surface area (Å²) in [4.78, 5) is 2.35. The first-order valence-electron chi connectivity index (χ1n) is 4.79. The fourth-order valence-electron chi connectivity index (χ4n) is 1.59. The molecule has 1 aliphatic heterocycles. The van der Waals surface area contributed by atoms with Crippen LogP contribution in [0.15, 0.2) is 0 Å². The molecule has 0 saturated carbocycles. The van der Waals surface area contributed by atoms with Gasteiger partial charge < -0.3 is 16.0 Å². The van der Waals surface area contributed by atoms with E-state index >= 15 is 0 Å². The van der Waals surface area contributed by atoms with Crippen LogP contribution in [0.2, 0.25) is 0 Å². The third-order valence-electron chi connectivity index (χ3n) is 2.68. The molecular formula is C9H21N3. The molecule has 0 aromatic heterocycles. The molecule has 0 aliphatic carbocycles. The average Bonchev–Trinajstić information content (AvgIpc) is 2.35. The van der Waals surface area contributed by atoms with Crippen molar-refractivity contribution >= 4 is 0 Å². The number of hydrogen-bond donors (Lipinski definition) is 2. The molecule has 3 N–H and O–H groups in total. The molecule has 0 bridgehead atoms. The lowest BCUT2D eigenvalue weighted by Gasteiger charge is -2.22. The van der Waals surface area contributed by atoms with Gasteiger partial charge in [0, 0.05) is 24.7 Å². The Hall–Kier alpha value is -0.120. The zero-order valence-electron chi connectivity index (χ0n) is 8.38. The van der Waals surface area contributed by atoms with Crippen molar-refractivity contribution in [1.29, 1.82) is 0 Å². The van der Waals surface area contributed by atoms with Crippen molar-refractivity contribution < 1.29 is 0 Å². The quantitative estimate of drug-likeness (QED) is 0.629. The molecule has 0 amide bonds. The molecule has 3 unspecified atom stereocenters. The Bertz CT molecular complexity index is 136. The summed E-state index contributed by atoms with van der Waals surface area (Å²) in [7, 11) is 2.16. The maximum Gasteiger partial charge on any atom is 0.0210 e. The van der Waals surface area contributed by atoms with Crippen LogP contribution in [0.5, 0.6) is 0 Å². The Morgan fingerprint density at radius 1 is 1.50 bits per heavy atom. The summed E-state index contributed by atoms with van der Waals surface area (Å²) in [5.41, 5.74) is 5.77. The Kier molecular flexibility index (Phi) is 3.50. The van der Waals surface area contributed by atoms with Crippen LogP contribution in [-0.2, 0) is 0 Å². The van der Waals surface area contributed by atoms with Gasteiger partial charge in [0.1, 0.15) is 0 Å². The molecule has 3 heteroatoms. The third-order valence-corrected chi connectivity index (χ3v) is 2.68. The zero-order chi connectivity index (χ0) is 9.14. The van der Waals surface area contributed by atoms with E-state index in [-0.39, 0.29) is 6.04 Å². The Morgan fingerprint density at radius 3 is 2.58 bits per heavy atom. The minimum atomic E-state index is 0.246. The molecule has 0 radical (unpaired) electrons. The second kappa shape index (κ2) is 4.21. The number of rotatable bonds is 3. The summed E-state index contributed by atoms with van der Waals surface area (Å²) < 4.78 is 0. The first-order valence-corrected chi connectivity index (χ1v) is 4.79. The highest BCUT2D eigenvalue weighted by Crippen LogP contribution is 2.07. The molecule has 0 aromatic rings. The summed E-state index contributed by atoms with van der Waals surface area (Å²) in [6.45, 7) is 6.58. The molecule has 1 saturated heterocycles. The number of hydrogen-bond acceptors (Lipinski definition) is 3. The van der Waals surface area contributed by atoms with Gasteiger partial charge in [-0.25, -0.2) is 0 Å². The average molecular weight is 171 g/mol. The van der Waals surface area contributed by atoms with Crippen molar-refractivity contribution in [2.75, 3.05) is 20.1 Å². The van der Waals surface area contributed by atoms with Crippen LogP contribution in [0, 0.1) is 0 Å². The highest BCUT2D eigenvalue weighted by atomic mass is 15.2. The molecule has 1 fully saturated rings. The number of likely N-dealkylation sites (tertiary alicyclic amines) is 1. The van der Waals surface area contributed by atoms with Gasteiger partial charge in [-0.3, -0.25) is 0 Å². The van der Waals surface area contributed by atoms with E-state index in [4.69, 9.17) is 5.73 Å². The van der Waals surface area contributed by atoms with Crippen LogP contribution in [-0.4, -0.2) is 43.2 Å². The van der Waals surface area contributed by atoms with Crippen molar-refractivity contribution in [2.45, 2.75) is 38.4 Å². The van der Waals surface area contributed by atoms with E-state index in [1.54, 1.807) is 0 Å². The normalized spacial score (nSPS) is 30.5. The summed E-state index contributed by atoms with van der Waals surface area (Å²) >= 11 is 0.